The number of nitro benzene ring substituents is 1. The zero-order chi connectivity index (χ0) is 58.6. The van der Waals surface area contributed by atoms with E-state index in [0.717, 1.165) is 18.2 Å². The molecule has 81 heavy (non-hydrogen) atoms. The van der Waals surface area contributed by atoms with Crippen LogP contribution in [0.4, 0.5) is 44.9 Å². The van der Waals surface area contributed by atoms with E-state index in [9.17, 15) is 64.5 Å². The van der Waals surface area contributed by atoms with Crippen molar-refractivity contribution >= 4 is 148 Å². The molecule has 3 heterocycles. The van der Waals surface area contributed by atoms with E-state index in [4.69, 9.17) is 15.3 Å². The summed E-state index contributed by atoms with van der Waals surface area (Å²) in [5.41, 5.74) is -1.65. The molecule has 424 valence electrons. The first-order valence-electron chi connectivity index (χ1n) is 22.3. The van der Waals surface area contributed by atoms with Crippen molar-refractivity contribution in [2.75, 3.05) is 36.6 Å². The van der Waals surface area contributed by atoms with Crippen LogP contribution in [0, 0.1) is 28.4 Å². The molecule has 0 amide bonds. The Labute approximate surface area is 466 Å². The summed E-state index contributed by atoms with van der Waals surface area (Å²) in [5, 5.41) is 95.1. The van der Waals surface area contributed by atoms with Gasteiger partial charge in [0, 0.05) is 60.0 Å². The van der Waals surface area contributed by atoms with Crippen LogP contribution in [0.2, 0.25) is 0 Å². The molecule has 7 N–H and O–H groups in total. The first kappa shape index (κ1) is 59.4. The molecule has 0 unspecified atom stereocenters. The average molecular weight is 1230 g/mol. The van der Waals surface area contributed by atoms with E-state index in [-0.39, 0.29) is 120 Å². The fraction of sp³-hybridized carbons (Fsp3) is 0.186. The van der Waals surface area contributed by atoms with E-state index in [0.29, 0.717) is 40.5 Å². The molecule has 5 aromatic carbocycles. The standard InChI is InChI=1S/C43H36N12O20S6/c1-21-25(20-44)41-45-26-7-3-4-8-30(26)54(41)42(57)37(21)50-49-29-17-24-22(14-35(29)80(65,66)67)13-34(78-75-73-61)39(40(24)56)51-47-27-19-32(71-2)28(18-31(27)53(9-5-11-76-74-72-60)10-6-12-79(62,63)64)48-52-43-46-38-33(77-43)15-23(55(58)59)16-36(38)81(68,69)70/h3-4,7-8,13-19,56-57,60-61H,5-6,9-12H2,1-2H3,(H,62,63,64)(H,65,66,67)(H,68,69,70). The monoisotopic (exact) mass is 1230 g/mol. The molecule has 38 heteroatoms. The highest BCUT2D eigenvalue weighted by Gasteiger charge is 2.27. The lowest BCUT2D eigenvalue weighted by molar-refractivity contribution is -0.432. The molecule has 0 bridgehead atoms. The molecule has 8 rings (SSSR count). The molecule has 0 aliphatic heterocycles. The fourth-order valence-electron chi connectivity index (χ4n) is 7.99. The second-order valence-electron chi connectivity index (χ2n) is 16.4. The lowest BCUT2D eigenvalue weighted by atomic mass is 10.1. The zero-order valence-corrected chi connectivity index (χ0v) is 45.7. The summed E-state index contributed by atoms with van der Waals surface area (Å²) < 4.78 is 120. The number of benzene rings is 5. The Morgan fingerprint density at radius 3 is 2.20 bits per heavy atom. The summed E-state index contributed by atoms with van der Waals surface area (Å²) in [4.78, 5) is 18.9. The van der Waals surface area contributed by atoms with Crippen molar-refractivity contribution < 1.29 is 88.0 Å². The number of para-hydroxylation sites is 2. The van der Waals surface area contributed by atoms with Crippen LogP contribution < -0.4 is 9.64 Å². The van der Waals surface area contributed by atoms with Crippen LogP contribution in [0.1, 0.15) is 24.0 Å². The minimum Gasteiger partial charge on any atom is -0.505 e. The van der Waals surface area contributed by atoms with Gasteiger partial charge in [-0.3, -0.25) is 28.2 Å². The molecule has 0 aliphatic rings. The summed E-state index contributed by atoms with van der Waals surface area (Å²) in [6.45, 7) is 1.31. The minimum absolute atomic E-state index is 0.0127. The summed E-state index contributed by atoms with van der Waals surface area (Å²) in [5.74, 6) is -2.01. The van der Waals surface area contributed by atoms with E-state index in [2.05, 4.69) is 59.4 Å². The van der Waals surface area contributed by atoms with Crippen LogP contribution >= 0.6 is 35.4 Å². The number of aromatic hydroxyl groups is 2. The lowest BCUT2D eigenvalue weighted by Gasteiger charge is -2.26. The van der Waals surface area contributed by atoms with Gasteiger partial charge < -0.3 is 19.8 Å². The van der Waals surface area contributed by atoms with Gasteiger partial charge in [0.15, 0.2) is 17.1 Å². The summed E-state index contributed by atoms with van der Waals surface area (Å²) in [6.07, 6.45) is -0.00360. The number of aromatic nitrogens is 3. The quantitative estimate of drug-likeness (QED) is 0.00562. The van der Waals surface area contributed by atoms with E-state index in [1.807, 2.05) is 6.07 Å². The Morgan fingerprint density at radius 1 is 0.827 bits per heavy atom. The van der Waals surface area contributed by atoms with Crippen LogP contribution in [0.5, 0.6) is 17.4 Å². The van der Waals surface area contributed by atoms with Gasteiger partial charge in [0.05, 0.1) is 56.1 Å². The van der Waals surface area contributed by atoms with Crippen molar-refractivity contribution in [2.45, 2.75) is 34.5 Å². The van der Waals surface area contributed by atoms with Gasteiger partial charge in [-0.1, -0.05) is 33.5 Å². The number of thiazole rings is 1. The molecule has 3 aromatic heterocycles. The summed E-state index contributed by atoms with van der Waals surface area (Å²) in [7, 11) is -13.5. The number of ether oxygens (including phenoxy) is 1. The maximum Gasteiger partial charge on any atom is 0.296 e. The number of non-ortho nitro benzene ring substituents is 1. The van der Waals surface area contributed by atoms with Crippen molar-refractivity contribution in [3.63, 3.8) is 0 Å². The van der Waals surface area contributed by atoms with Crippen LogP contribution in [-0.2, 0) is 49.1 Å². The molecule has 0 fully saturated rings. The van der Waals surface area contributed by atoms with Crippen LogP contribution in [0.25, 0.3) is 37.7 Å². The lowest BCUT2D eigenvalue weighted by Crippen LogP contribution is -2.27. The van der Waals surface area contributed by atoms with Gasteiger partial charge in [-0.15, -0.1) is 39.4 Å². The van der Waals surface area contributed by atoms with Crippen molar-refractivity contribution in [3.05, 3.63) is 88.0 Å². The third-order valence-electron chi connectivity index (χ3n) is 11.5. The van der Waals surface area contributed by atoms with Gasteiger partial charge in [0.2, 0.25) is 11.0 Å². The normalized spacial score (nSPS) is 12.6. The number of azo groups is 3. The molecule has 0 radical (unpaired) electrons. The number of methoxy groups -OCH3 is 1. The van der Waals surface area contributed by atoms with E-state index < -0.39 is 79.5 Å². The first-order chi connectivity index (χ1) is 38.5. The highest BCUT2D eigenvalue weighted by Crippen LogP contribution is 2.49. The maximum atomic E-state index is 12.9. The molecule has 0 saturated heterocycles. The van der Waals surface area contributed by atoms with Gasteiger partial charge in [0.1, 0.15) is 55.4 Å². The van der Waals surface area contributed by atoms with Crippen LogP contribution in [-0.4, -0.2) is 111 Å². The van der Waals surface area contributed by atoms with Crippen LogP contribution in [0.3, 0.4) is 0 Å². The van der Waals surface area contributed by atoms with Gasteiger partial charge in [-0.05, 0) is 61.5 Å². The van der Waals surface area contributed by atoms with Crippen molar-refractivity contribution in [1.82, 2.24) is 14.4 Å². The van der Waals surface area contributed by atoms with Gasteiger partial charge in [0.25, 0.3) is 36.0 Å². The molecule has 0 aliphatic carbocycles. The first-order valence-corrected chi connectivity index (χ1v) is 29.2. The molecular formula is C43H36N12O20S6. The highest BCUT2D eigenvalue weighted by molar-refractivity contribution is 7.94. The predicted octanol–water partition coefficient (Wildman–Crippen LogP) is 10.5. The van der Waals surface area contributed by atoms with Gasteiger partial charge in [-0.25, -0.2) is 20.5 Å². The van der Waals surface area contributed by atoms with Gasteiger partial charge in [-0.2, -0.15) is 30.5 Å². The number of phenols is 1. The number of imidazole rings is 1. The Kier molecular flexibility index (Phi) is 18.0. The predicted molar refractivity (Wildman–Crippen MR) is 287 cm³/mol. The van der Waals surface area contributed by atoms with Gasteiger partial charge >= 0.3 is 0 Å². The molecule has 8 aromatic rings. The smallest absolute Gasteiger partial charge is 0.296 e. The summed E-state index contributed by atoms with van der Waals surface area (Å²) >= 11 is 1.58. The number of hydrogen-bond acceptors (Lipinski definition) is 30. The Morgan fingerprint density at radius 2 is 1.52 bits per heavy atom. The minimum atomic E-state index is -5.17. The van der Waals surface area contributed by atoms with E-state index >= 15 is 0 Å². The second kappa shape index (κ2) is 24.6. The van der Waals surface area contributed by atoms with Crippen molar-refractivity contribution in [3.8, 4) is 23.4 Å². The highest BCUT2D eigenvalue weighted by atomic mass is 32.2. The maximum absolute atomic E-state index is 12.9. The fourth-order valence-corrected chi connectivity index (χ4v) is 11.6. The third kappa shape index (κ3) is 13.2. The SMILES string of the molecule is COc1cc(N=Nc2c(SOOO)cc3cc(S(=O)(=O)O)c(N=Nc4c(C)c(C#N)c5nc6ccccc6n5c4O)cc3c2O)c(N(CCCSOOO)CCCS(=O)(=O)O)cc1N=Nc1nc2c(S(=O)(=O)O)cc([N+](=O)[O-])cc2s1. The largest absolute Gasteiger partial charge is 0.505 e. The topological polar surface area (TPSA) is 465 Å². The Balaban J connectivity index is 1.29. The molecule has 32 nitrogen and oxygen atoms in total. The Bertz CT molecular complexity index is 4310. The number of nitrogens with zero attached hydrogens (tertiary/aromatic N) is 12. The third-order valence-corrected chi connectivity index (χ3v) is 16.1. The second-order valence-corrected chi connectivity index (χ2v) is 23.3. The Hall–Kier alpha value is -7.72. The number of nitro groups is 1. The molecule has 0 atom stereocenters. The van der Waals surface area contributed by atoms with Crippen molar-refractivity contribution in [2.24, 2.45) is 30.7 Å². The number of fused-ring (bicyclic) bond motifs is 5. The number of pyridine rings is 1. The number of phenolic OH excluding ortho intramolecular Hbond substituents is 1. The van der Waals surface area contributed by atoms with Crippen molar-refractivity contribution in [1.29, 1.82) is 5.26 Å². The zero-order valence-electron chi connectivity index (χ0n) is 40.8. The van der Waals surface area contributed by atoms with E-state index in [1.54, 1.807) is 29.2 Å². The summed E-state index contributed by atoms with van der Waals surface area (Å²) in [6, 6.07) is 15.9. The molecular weight excluding hydrogens is 1200 g/mol. The average Bonchev–Trinajstić information content (AvgIpc) is 4.24. The number of anilines is 1. The molecule has 0 saturated carbocycles. The van der Waals surface area contributed by atoms with E-state index in [1.165, 1.54) is 36.6 Å². The van der Waals surface area contributed by atoms with Crippen LogP contribution in [0.15, 0.2) is 112 Å². The number of hydrogen-bond donors (Lipinski definition) is 7. The number of nitriles is 1. The number of rotatable bonds is 24. The molecule has 0 spiro atoms.